The zero-order chi connectivity index (χ0) is 17.4. The highest BCUT2D eigenvalue weighted by Crippen LogP contribution is 2.36. The molecule has 0 radical (unpaired) electrons. The van der Waals surface area contributed by atoms with Crippen LogP contribution in [0.1, 0.15) is 11.1 Å². The normalized spacial score (nSPS) is 17.6. The summed E-state index contributed by atoms with van der Waals surface area (Å²) in [6, 6.07) is 13.3. The molecule has 0 unspecified atom stereocenters. The van der Waals surface area contributed by atoms with Crippen LogP contribution in [0, 0.1) is 6.92 Å². The molecule has 132 valence electrons. The Labute approximate surface area is 148 Å². The van der Waals surface area contributed by atoms with Gasteiger partial charge >= 0.3 is 0 Å². The first-order valence-corrected chi connectivity index (χ1v) is 10.1. The summed E-state index contributed by atoms with van der Waals surface area (Å²) in [5.74, 6) is 0. The van der Waals surface area contributed by atoms with Crippen LogP contribution in [0.3, 0.4) is 0 Å². The summed E-state index contributed by atoms with van der Waals surface area (Å²) in [4.78, 5) is 2.68. The van der Waals surface area contributed by atoms with Gasteiger partial charge in [-0.15, -0.1) is 0 Å². The third-order valence-corrected chi connectivity index (χ3v) is 6.93. The molecule has 0 saturated carbocycles. The van der Waals surface area contributed by atoms with E-state index in [1.807, 2.05) is 31.2 Å². The van der Waals surface area contributed by atoms with Crippen LogP contribution in [-0.4, -0.2) is 41.3 Å². The first-order chi connectivity index (χ1) is 12.1. The van der Waals surface area contributed by atoms with Crippen molar-refractivity contribution in [2.45, 2.75) is 18.2 Å². The molecule has 0 amide bonds. The number of hydrogen-bond donors (Lipinski definition) is 0. The summed E-state index contributed by atoms with van der Waals surface area (Å²) in [5.41, 5.74) is 3.83. The van der Waals surface area contributed by atoms with Gasteiger partial charge in [-0.3, -0.25) is 4.31 Å². The molecule has 0 N–H and O–H groups in total. The predicted molar refractivity (Wildman–Crippen MR) is 98.9 cm³/mol. The van der Waals surface area contributed by atoms with Crippen molar-refractivity contribution in [3.63, 3.8) is 0 Å². The van der Waals surface area contributed by atoms with Gasteiger partial charge in [-0.05, 0) is 48.7 Å². The molecule has 0 bridgehead atoms. The molecule has 4 rings (SSSR count). The number of ether oxygens (including phenoxy) is 1. The molecule has 6 heteroatoms. The van der Waals surface area contributed by atoms with E-state index in [1.165, 1.54) is 0 Å². The summed E-state index contributed by atoms with van der Waals surface area (Å²) in [5, 5.41) is 0. The molecule has 25 heavy (non-hydrogen) atoms. The monoisotopic (exact) mass is 358 g/mol. The molecule has 1 fully saturated rings. The topological polar surface area (TPSA) is 49.9 Å². The van der Waals surface area contributed by atoms with E-state index in [0.717, 1.165) is 55.2 Å². The van der Waals surface area contributed by atoms with Crippen LogP contribution in [0.25, 0.3) is 0 Å². The van der Waals surface area contributed by atoms with Crippen LogP contribution in [-0.2, 0) is 21.2 Å². The maximum atomic E-state index is 13.1. The van der Waals surface area contributed by atoms with Gasteiger partial charge in [0.25, 0.3) is 10.0 Å². The van der Waals surface area contributed by atoms with Crippen LogP contribution in [0.5, 0.6) is 0 Å². The van der Waals surface area contributed by atoms with Crippen molar-refractivity contribution in [3.05, 3.63) is 53.6 Å². The SMILES string of the molecule is Cc1ccccc1S(=O)(=O)N1CCc2cc(N3CCOCC3)ccc21. The van der Waals surface area contributed by atoms with E-state index >= 15 is 0 Å². The second-order valence-electron chi connectivity index (χ2n) is 6.51. The van der Waals surface area contributed by atoms with Crippen LogP contribution in [0.2, 0.25) is 0 Å². The Hall–Kier alpha value is -2.05. The number of sulfonamides is 1. The van der Waals surface area contributed by atoms with Crippen molar-refractivity contribution >= 4 is 21.4 Å². The zero-order valence-corrected chi connectivity index (χ0v) is 15.1. The van der Waals surface area contributed by atoms with E-state index in [0.29, 0.717) is 11.4 Å². The summed E-state index contributed by atoms with van der Waals surface area (Å²) in [6.07, 6.45) is 0.749. The minimum absolute atomic E-state index is 0.389. The number of nitrogens with zero attached hydrogens (tertiary/aromatic N) is 2. The highest BCUT2D eigenvalue weighted by molar-refractivity contribution is 7.93. The van der Waals surface area contributed by atoms with Gasteiger partial charge in [0.1, 0.15) is 0 Å². The lowest BCUT2D eigenvalue weighted by atomic mass is 10.1. The number of anilines is 2. The molecule has 2 aromatic rings. The summed E-state index contributed by atoms with van der Waals surface area (Å²) in [7, 11) is -3.52. The Kier molecular flexibility index (Phi) is 4.17. The molecule has 2 heterocycles. The van der Waals surface area contributed by atoms with Gasteiger partial charge in [0.2, 0.25) is 0 Å². The standard InChI is InChI=1S/C19H22N2O3S/c1-15-4-2-3-5-19(15)25(22,23)21-9-8-16-14-17(6-7-18(16)21)20-10-12-24-13-11-20/h2-7,14H,8-13H2,1H3. The van der Waals surface area contributed by atoms with Crippen LogP contribution in [0.15, 0.2) is 47.4 Å². The Morgan fingerprint density at radius 1 is 1.00 bits per heavy atom. The van der Waals surface area contributed by atoms with Gasteiger partial charge < -0.3 is 9.64 Å². The van der Waals surface area contributed by atoms with Crippen LogP contribution >= 0.6 is 0 Å². The van der Waals surface area contributed by atoms with Crippen LogP contribution in [0.4, 0.5) is 11.4 Å². The molecule has 1 saturated heterocycles. The maximum absolute atomic E-state index is 13.1. The fourth-order valence-electron chi connectivity index (χ4n) is 3.59. The van der Waals surface area contributed by atoms with E-state index in [9.17, 15) is 8.42 Å². The van der Waals surface area contributed by atoms with Crippen molar-refractivity contribution in [2.24, 2.45) is 0 Å². The molecule has 2 aliphatic rings. The van der Waals surface area contributed by atoms with Crippen molar-refractivity contribution < 1.29 is 13.2 Å². The smallest absolute Gasteiger partial charge is 0.264 e. The Morgan fingerprint density at radius 2 is 1.76 bits per heavy atom. The third kappa shape index (κ3) is 2.89. The molecular formula is C19H22N2O3S. The lowest BCUT2D eigenvalue weighted by molar-refractivity contribution is 0.122. The predicted octanol–water partition coefficient (Wildman–Crippen LogP) is 2.58. The molecule has 2 aliphatic heterocycles. The Morgan fingerprint density at radius 3 is 2.52 bits per heavy atom. The maximum Gasteiger partial charge on any atom is 0.264 e. The molecule has 2 aromatic carbocycles. The number of fused-ring (bicyclic) bond motifs is 1. The van der Waals surface area contributed by atoms with Gasteiger partial charge in [-0.2, -0.15) is 0 Å². The second-order valence-corrected chi connectivity index (χ2v) is 8.34. The van der Waals surface area contributed by atoms with E-state index in [2.05, 4.69) is 11.0 Å². The number of rotatable bonds is 3. The summed E-state index contributed by atoms with van der Waals surface area (Å²) >= 11 is 0. The van der Waals surface area contributed by atoms with Gasteiger partial charge in [0, 0.05) is 25.3 Å². The van der Waals surface area contributed by atoms with E-state index in [1.54, 1.807) is 16.4 Å². The fraction of sp³-hybridized carbons (Fsp3) is 0.368. The van der Waals surface area contributed by atoms with Gasteiger partial charge in [-0.25, -0.2) is 8.42 Å². The van der Waals surface area contributed by atoms with Crippen molar-refractivity contribution in [3.8, 4) is 0 Å². The number of benzene rings is 2. The molecule has 0 aromatic heterocycles. The highest BCUT2D eigenvalue weighted by Gasteiger charge is 2.32. The first kappa shape index (κ1) is 16.4. The second kappa shape index (κ2) is 6.35. The number of aryl methyl sites for hydroxylation is 1. The molecule has 0 aliphatic carbocycles. The Balaban J connectivity index is 1.67. The lowest BCUT2D eigenvalue weighted by Crippen LogP contribution is -2.36. The van der Waals surface area contributed by atoms with Crippen molar-refractivity contribution in [1.82, 2.24) is 0 Å². The lowest BCUT2D eigenvalue weighted by Gasteiger charge is -2.29. The van der Waals surface area contributed by atoms with Gasteiger partial charge in [0.05, 0.1) is 23.8 Å². The van der Waals surface area contributed by atoms with Gasteiger partial charge in [0.15, 0.2) is 0 Å². The van der Waals surface area contributed by atoms with E-state index < -0.39 is 10.0 Å². The van der Waals surface area contributed by atoms with Crippen molar-refractivity contribution in [1.29, 1.82) is 0 Å². The third-order valence-electron chi connectivity index (χ3n) is 4.95. The summed E-state index contributed by atoms with van der Waals surface area (Å²) < 4.78 is 33.2. The average molecular weight is 358 g/mol. The zero-order valence-electron chi connectivity index (χ0n) is 14.3. The first-order valence-electron chi connectivity index (χ1n) is 8.61. The highest BCUT2D eigenvalue weighted by atomic mass is 32.2. The summed E-state index contributed by atoms with van der Waals surface area (Å²) in [6.45, 7) is 5.58. The minimum atomic E-state index is -3.52. The molecule has 0 spiro atoms. The number of morpholine rings is 1. The largest absolute Gasteiger partial charge is 0.378 e. The molecular weight excluding hydrogens is 336 g/mol. The minimum Gasteiger partial charge on any atom is -0.378 e. The van der Waals surface area contributed by atoms with Crippen LogP contribution < -0.4 is 9.21 Å². The van der Waals surface area contributed by atoms with Crippen molar-refractivity contribution in [2.75, 3.05) is 42.1 Å². The van der Waals surface area contributed by atoms with E-state index in [-0.39, 0.29) is 0 Å². The number of hydrogen-bond acceptors (Lipinski definition) is 4. The fourth-order valence-corrected chi connectivity index (χ4v) is 5.32. The van der Waals surface area contributed by atoms with Gasteiger partial charge in [-0.1, -0.05) is 18.2 Å². The quantitative estimate of drug-likeness (QED) is 0.846. The molecule has 5 nitrogen and oxygen atoms in total. The Bertz CT molecular complexity index is 889. The molecule has 0 atom stereocenters. The average Bonchev–Trinajstić information content (AvgIpc) is 3.06. The van der Waals surface area contributed by atoms with E-state index in [4.69, 9.17) is 4.74 Å².